The van der Waals surface area contributed by atoms with Gasteiger partial charge in [-0.25, -0.2) is 4.79 Å². The number of ether oxygens (including phenoxy) is 1. The maximum Gasteiger partial charge on any atom is 0.341 e. The number of carbonyl (C=O) groups is 1. The number of carboxylic acid groups (broad SMARTS) is 1. The average molecular weight is 447 g/mol. The minimum absolute atomic E-state index is 0.408. The van der Waals surface area contributed by atoms with E-state index in [0.717, 1.165) is 34.5 Å². The van der Waals surface area contributed by atoms with E-state index in [1.165, 1.54) is 5.56 Å². The number of benzene rings is 3. The molecule has 162 valence electrons. The van der Waals surface area contributed by atoms with Crippen molar-refractivity contribution in [3.05, 3.63) is 95.0 Å². The molecule has 0 saturated carbocycles. The molecule has 0 unspecified atom stereocenters. The van der Waals surface area contributed by atoms with Crippen LogP contribution in [0.5, 0.6) is 5.75 Å². The van der Waals surface area contributed by atoms with Crippen molar-refractivity contribution >= 4 is 17.6 Å². The van der Waals surface area contributed by atoms with Crippen LogP contribution in [0, 0.1) is 6.92 Å². The fourth-order valence-corrected chi connectivity index (χ4v) is 3.68. The van der Waals surface area contributed by atoms with E-state index in [0.29, 0.717) is 17.3 Å². The molecule has 0 fully saturated rings. The largest absolute Gasteiger partial charge is 0.481 e. The van der Waals surface area contributed by atoms with Gasteiger partial charge in [-0.05, 0) is 60.4 Å². The fraction of sp³-hybridized carbons (Fsp3) is 0.154. The van der Waals surface area contributed by atoms with Crippen molar-refractivity contribution in [2.75, 3.05) is 6.61 Å². The van der Waals surface area contributed by atoms with E-state index in [1.807, 2.05) is 78.3 Å². The predicted molar refractivity (Wildman–Crippen MR) is 126 cm³/mol. The number of hydrogen-bond donors (Lipinski definition) is 1. The Kier molecular flexibility index (Phi) is 6.57. The van der Waals surface area contributed by atoms with Gasteiger partial charge in [-0.1, -0.05) is 60.1 Å². The Labute approximate surface area is 191 Å². The zero-order valence-electron chi connectivity index (χ0n) is 17.7. The van der Waals surface area contributed by atoms with E-state index >= 15 is 0 Å². The number of aromatic nitrogens is 2. The molecule has 0 aliphatic rings. The van der Waals surface area contributed by atoms with Gasteiger partial charge in [-0.3, -0.25) is 4.68 Å². The molecule has 3 aromatic carbocycles. The van der Waals surface area contributed by atoms with E-state index in [2.05, 4.69) is 12.1 Å². The molecule has 0 aliphatic heterocycles. The van der Waals surface area contributed by atoms with E-state index in [1.54, 1.807) is 0 Å². The third-order valence-electron chi connectivity index (χ3n) is 5.14. The van der Waals surface area contributed by atoms with Gasteiger partial charge in [0.1, 0.15) is 5.75 Å². The first-order valence-corrected chi connectivity index (χ1v) is 10.7. The smallest absolute Gasteiger partial charge is 0.341 e. The summed E-state index contributed by atoms with van der Waals surface area (Å²) in [7, 11) is 0. The Balaban J connectivity index is 1.73. The molecular formula is C26H23ClN2O3. The lowest BCUT2D eigenvalue weighted by Gasteiger charge is -2.09. The molecule has 0 radical (unpaired) electrons. The van der Waals surface area contributed by atoms with E-state index in [-0.39, 0.29) is 0 Å². The summed E-state index contributed by atoms with van der Waals surface area (Å²) in [6.45, 7) is 2.23. The molecule has 4 rings (SSSR count). The molecule has 0 spiro atoms. The lowest BCUT2D eigenvalue weighted by molar-refractivity contribution is -0.139. The normalized spacial score (nSPS) is 10.8. The Hall–Kier alpha value is -3.57. The van der Waals surface area contributed by atoms with Crippen LogP contribution in [0.25, 0.3) is 22.5 Å². The molecule has 1 N–H and O–H groups in total. The standard InChI is InChI=1S/C26H23ClN2O3/c1-18-7-12-22(25(15-18)32-17-26(30)31)23-16-24(20-8-10-21(27)11-9-20)29(28-23)14-13-19-5-3-2-4-6-19/h2-12,15-16H,13-14,17H2,1H3,(H,30,31). The van der Waals surface area contributed by atoms with Gasteiger partial charge >= 0.3 is 5.97 Å². The lowest BCUT2D eigenvalue weighted by Crippen LogP contribution is -2.10. The zero-order valence-corrected chi connectivity index (χ0v) is 18.4. The molecule has 1 aromatic heterocycles. The number of rotatable bonds is 8. The Morgan fingerprint density at radius 1 is 1.03 bits per heavy atom. The van der Waals surface area contributed by atoms with Crippen LogP contribution in [0.2, 0.25) is 5.02 Å². The summed E-state index contributed by atoms with van der Waals surface area (Å²) in [6, 6.07) is 25.7. The van der Waals surface area contributed by atoms with Crippen molar-refractivity contribution in [1.29, 1.82) is 0 Å². The molecule has 0 saturated heterocycles. The van der Waals surface area contributed by atoms with Gasteiger partial charge in [0.25, 0.3) is 0 Å². The van der Waals surface area contributed by atoms with Gasteiger partial charge in [0, 0.05) is 17.1 Å². The van der Waals surface area contributed by atoms with Crippen LogP contribution in [0.3, 0.4) is 0 Å². The third kappa shape index (κ3) is 5.18. The van der Waals surface area contributed by atoms with Gasteiger partial charge < -0.3 is 9.84 Å². The molecule has 5 nitrogen and oxygen atoms in total. The predicted octanol–water partition coefficient (Wildman–Crippen LogP) is 5.89. The highest BCUT2D eigenvalue weighted by Gasteiger charge is 2.16. The topological polar surface area (TPSA) is 64.4 Å². The SMILES string of the molecule is Cc1ccc(-c2cc(-c3ccc(Cl)cc3)n(CCc3ccccc3)n2)c(OCC(=O)O)c1. The number of hydrogen-bond acceptors (Lipinski definition) is 3. The van der Waals surface area contributed by atoms with Crippen LogP contribution in [-0.4, -0.2) is 27.5 Å². The molecular weight excluding hydrogens is 424 g/mol. The first kappa shape index (κ1) is 21.7. The Morgan fingerprint density at radius 2 is 1.78 bits per heavy atom. The minimum atomic E-state index is -1.02. The summed E-state index contributed by atoms with van der Waals surface area (Å²) >= 11 is 6.09. The van der Waals surface area contributed by atoms with Gasteiger partial charge in [0.15, 0.2) is 6.61 Å². The third-order valence-corrected chi connectivity index (χ3v) is 5.39. The fourth-order valence-electron chi connectivity index (χ4n) is 3.55. The summed E-state index contributed by atoms with van der Waals surface area (Å²) < 4.78 is 7.55. The summed E-state index contributed by atoms with van der Waals surface area (Å²) in [5.41, 5.74) is 5.65. The number of aryl methyl sites for hydroxylation is 3. The van der Waals surface area contributed by atoms with Crippen molar-refractivity contribution in [3.8, 4) is 28.3 Å². The molecule has 6 heteroatoms. The van der Waals surface area contributed by atoms with Gasteiger partial charge in [-0.2, -0.15) is 5.10 Å². The molecule has 0 atom stereocenters. The first-order valence-electron chi connectivity index (χ1n) is 10.3. The van der Waals surface area contributed by atoms with Crippen molar-refractivity contribution in [2.24, 2.45) is 0 Å². The summed E-state index contributed by atoms with van der Waals surface area (Å²) in [4.78, 5) is 11.0. The molecule has 0 aliphatic carbocycles. The minimum Gasteiger partial charge on any atom is -0.481 e. The molecule has 32 heavy (non-hydrogen) atoms. The van der Waals surface area contributed by atoms with E-state index in [9.17, 15) is 4.79 Å². The van der Waals surface area contributed by atoms with Crippen LogP contribution in [0.4, 0.5) is 0 Å². The zero-order chi connectivity index (χ0) is 22.5. The van der Waals surface area contributed by atoms with Crippen molar-refractivity contribution in [2.45, 2.75) is 19.9 Å². The van der Waals surface area contributed by atoms with Crippen molar-refractivity contribution < 1.29 is 14.6 Å². The summed E-state index contributed by atoms with van der Waals surface area (Å²) in [6.07, 6.45) is 0.832. The number of nitrogens with zero attached hydrogens (tertiary/aromatic N) is 2. The highest BCUT2D eigenvalue weighted by molar-refractivity contribution is 6.30. The van der Waals surface area contributed by atoms with Crippen LogP contribution >= 0.6 is 11.6 Å². The molecule has 1 heterocycles. The van der Waals surface area contributed by atoms with Crippen LogP contribution in [0.1, 0.15) is 11.1 Å². The average Bonchev–Trinajstić information content (AvgIpc) is 3.21. The number of aliphatic carboxylic acids is 1. The van der Waals surface area contributed by atoms with Crippen molar-refractivity contribution in [1.82, 2.24) is 9.78 Å². The Bertz CT molecular complexity index is 1220. The maximum absolute atomic E-state index is 11.0. The van der Waals surface area contributed by atoms with E-state index in [4.69, 9.17) is 26.5 Å². The second-order valence-electron chi connectivity index (χ2n) is 7.56. The number of halogens is 1. The van der Waals surface area contributed by atoms with Crippen LogP contribution < -0.4 is 4.74 Å². The number of carboxylic acids is 1. The van der Waals surface area contributed by atoms with Gasteiger partial charge in [-0.15, -0.1) is 0 Å². The monoisotopic (exact) mass is 446 g/mol. The van der Waals surface area contributed by atoms with E-state index < -0.39 is 12.6 Å². The second-order valence-corrected chi connectivity index (χ2v) is 8.00. The van der Waals surface area contributed by atoms with Gasteiger partial charge in [0.05, 0.1) is 11.4 Å². The van der Waals surface area contributed by atoms with Crippen LogP contribution in [0.15, 0.2) is 78.9 Å². The highest BCUT2D eigenvalue weighted by atomic mass is 35.5. The first-order chi connectivity index (χ1) is 15.5. The van der Waals surface area contributed by atoms with Crippen LogP contribution in [-0.2, 0) is 17.8 Å². The lowest BCUT2D eigenvalue weighted by atomic mass is 10.1. The molecule has 0 bridgehead atoms. The van der Waals surface area contributed by atoms with Gasteiger partial charge in [0.2, 0.25) is 0 Å². The summed E-state index contributed by atoms with van der Waals surface area (Å²) in [5.74, 6) is -0.518. The second kappa shape index (κ2) is 9.71. The molecule has 4 aromatic rings. The summed E-state index contributed by atoms with van der Waals surface area (Å²) in [5, 5.41) is 14.6. The quantitative estimate of drug-likeness (QED) is 0.367. The maximum atomic E-state index is 11.0. The molecule has 0 amide bonds. The van der Waals surface area contributed by atoms with Crippen molar-refractivity contribution in [3.63, 3.8) is 0 Å². The Morgan fingerprint density at radius 3 is 2.50 bits per heavy atom. The highest BCUT2D eigenvalue weighted by Crippen LogP contribution is 2.33.